The maximum absolute atomic E-state index is 13.1. The summed E-state index contributed by atoms with van der Waals surface area (Å²) in [5.41, 5.74) is 0.508. The van der Waals surface area contributed by atoms with E-state index < -0.39 is 5.41 Å². The van der Waals surface area contributed by atoms with E-state index in [9.17, 15) is 4.79 Å². The van der Waals surface area contributed by atoms with Crippen molar-refractivity contribution in [1.82, 2.24) is 20.7 Å². The molecule has 27 heavy (non-hydrogen) atoms. The summed E-state index contributed by atoms with van der Waals surface area (Å²) in [7, 11) is 0. The van der Waals surface area contributed by atoms with Gasteiger partial charge in [0.15, 0.2) is 0 Å². The highest BCUT2D eigenvalue weighted by molar-refractivity contribution is 5.83. The highest BCUT2D eigenvalue weighted by Crippen LogP contribution is 2.33. The van der Waals surface area contributed by atoms with Gasteiger partial charge in [-0.1, -0.05) is 19.0 Å². The van der Waals surface area contributed by atoms with Crippen LogP contribution in [-0.4, -0.2) is 68.4 Å². The Hall–Kier alpha value is -1.44. The number of carbonyl (C=O) groups is 1. The number of piperidine rings is 1. The number of aromatic nitrogens is 1. The third-order valence-corrected chi connectivity index (χ3v) is 6.00. The second-order valence-corrected chi connectivity index (χ2v) is 7.80. The van der Waals surface area contributed by atoms with Crippen molar-refractivity contribution >= 4 is 5.91 Å². The number of likely N-dealkylation sites (N-methyl/N-ethyl adjacent to an activating group) is 1. The van der Waals surface area contributed by atoms with Crippen molar-refractivity contribution in [3.8, 4) is 0 Å². The minimum absolute atomic E-state index is 0.129. The molecule has 3 heterocycles. The van der Waals surface area contributed by atoms with Crippen molar-refractivity contribution in [3.63, 3.8) is 0 Å². The van der Waals surface area contributed by atoms with Crippen LogP contribution in [-0.2, 0) is 16.0 Å². The van der Waals surface area contributed by atoms with Gasteiger partial charge in [-0.3, -0.25) is 4.79 Å². The number of hydrogen-bond acceptors (Lipinski definition) is 6. The molecule has 0 bridgehead atoms. The van der Waals surface area contributed by atoms with E-state index in [1.54, 1.807) is 0 Å². The van der Waals surface area contributed by atoms with Crippen molar-refractivity contribution in [2.24, 2.45) is 5.41 Å². The van der Waals surface area contributed by atoms with Crippen molar-refractivity contribution < 1.29 is 14.1 Å². The Labute approximate surface area is 162 Å². The molecule has 2 saturated heterocycles. The first-order valence-corrected chi connectivity index (χ1v) is 10.4. The quantitative estimate of drug-likeness (QED) is 0.679. The lowest BCUT2D eigenvalue weighted by Gasteiger charge is -2.35. The summed E-state index contributed by atoms with van der Waals surface area (Å²) in [6, 6.07) is 2.03. The molecule has 0 saturated carbocycles. The van der Waals surface area contributed by atoms with Crippen molar-refractivity contribution in [2.45, 2.75) is 45.4 Å². The fraction of sp³-hybridized carbons (Fsp3) is 0.800. The maximum atomic E-state index is 13.1. The third kappa shape index (κ3) is 5.09. The second kappa shape index (κ2) is 9.66. The van der Waals surface area contributed by atoms with Gasteiger partial charge in [-0.2, -0.15) is 0 Å². The summed E-state index contributed by atoms with van der Waals surface area (Å²) in [5, 5.41) is 10.8. The second-order valence-electron chi connectivity index (χ2n) is 7.80. The monoisotopic (exact) mass is 378 g/mol. The molecular formula is C20H34N4O3. The molecule has 1 amide bonds. The van der Waals surface area contributed by atoms with Crippen LogP contribution < -0.4 is 10.6 Å². The first kappa shape index (κ1) is 20.3. The van der Waals surface area contributed by atoms with Gasteiger partial charge >= 0.3 is 0 Å². The SMILES string of the molecule is CCN(CC)CCNC(=O)C1(Cc2cc(C3CCOC3)no2)CCCNC1. The molecule has 7 nitrogen and oxygen atoms in total. The van der Waals surface area contributed by atoms with Gasteiger partial charge in [0.25, 0.3) is 0 Å². The molecule has 3 rings (SSSR count). The first-order chi connectivity index (χ1) is 13.2. The van der Waals surface area contributed by atoms with Gasteiger partial charge in [0.2, 0.25) is 5.91 Å². The zero-order valence-corrected chi connectivity index (χ0v) is 16.8. The lowest BCUT2D eigenvalue weighted by atomic mass is 9.76. The third-order valence-electron chi connectivity index (χ3n) is 6.00. The predicted molar refractivity (Wildman–Crippen MR) is 104 cm³/mol. The lowest BCUT2D eigenvalue weighted by Crippen LogP contribution is -2.52. The van der Waals surface area contributed by atoms with Gasteiger partial charge in [0.05, 0.1) is 17.7 Å². The normalized spacial score (nSPS) is 25.8. The van der Waals surface area contributed by atoms with Crippen LogP contribution in [0, 0.1) is 5.41 Å². The minimum atomic E-state index is -0.454. The Morgan fingerprint density at radius 2 is 2.30 bits per heavy atom. The number of rotatable bonds is 9. The summed E-state index contributed by atoms with van der Waals surface area (Å²) in [6.45, 7) is 11.0. The molecule has 0 radical (unpaired) electrons. The fourth-order valence-corrected chi connectivity index (χ4v) is 4.15. The van der Waals surface area contributed by atoms with Crippen molar-refractivity contribution in [1.29, 1.82) is 0 Å². The zero-order chi connectivity index (χ0) is 19.1. The minimum Gasteiger partial charge on any atom is -0.381 e. The Balaban J connectivity index is 1.62. The van der Waals surface area contributed by atoms with Crippen LogP contribution in [0.5, 0.6) is 0 Å². The van der Waals surface area contributed by atoms with E-state index >= 15 is 0 Å². The smallest absolute Gasteiger partial charge is 0.228 e. The van der Waals surface area contributed by atoms with E-state index in [1.807, 2.05) is 6.07 Å². The number of nitrogens with one attached hydrogen (secondary N) is 2. The maximum Gasteiger partial charge on any atom is 0.228 e. The molecule has 2 unspecified atom stereocenters. The molecule has 1 aromatic heterocycles. The molecule has 7 heteroatoms. The van der Waals surface area contributed by atoms with Crippen LogP contribution >= 0.6 is 0 Å². The van der Waals surface area contributed by atoms with E-state index in [-0.39, 0.29) is 5.91 Å². The summed E-state index contributed by atoms with van der Waals surface area (Å²) >= 11 is 0. The summed E-state index contributed by atoms with van der Waals surface area (Å²) in [6.07, 6.45) is 3.46. The van der Waals surface area contributed by atoms with E-state index in [2.05, 4.69) is 34.5 Å². The number of nitrogens with zero attached hydrogens (tertiary/aromatic N) is 2. The number of amides is 1. The first-order valence-electron chi connectivity index (χ1n) is 10.4. The highest BCUT2D eigenvalue weighted by atomic mass is 16.5. The zero-order valence-electron chi connectivity index (χ0n) is 16.8. The fourth-order valence-electron chi connectivity index (χ4n) is 4.15. The number of ether oxygens (including phenoxy) is 1. The van der Waals surface area contributed by atoms with E-state index in [4.69, 9.17) is 9.26 Å². The summed E-state index contributed by atoms with van der Waals surface area (Å²) in [4.78, 5) is 15.4. The van der Waals surface area contributed by atoms with E-state index in [0.717, 1.165) is 63.5 Å². The lowest BCUT2D eigenvalue weighted by molar-refractivity contribution is -0.132. The Bertz CT molecular complexity index is 588. The molecule has 1 aromatic rings. The summed E-state index contributed by atoms with van der Waals surface area (Å²) in [5.74, 6) is 1.26. The number of hydrogen-bond donors (Lipinski definition) is 2. The van der Waals surface area contributed by atoms with E-state index in [1.165, 1.54) is 0 Å². The van der Waals surface area contributed by atoms with Crippen LogP contribution in [0.25, 0.3) is 0 Å². The Morgan fingerprint density at radius 1 is 1.44 bits per heavy atom. The molecule has 2 aliphatic rings. The van der Waals surface area contributed by atoms with Crippen LogP contribution in [0.15, 0.2) is 10.6 Å². The van der Waals surface area contributed by atoms with Gasteiger partial charge in [0, 0.05) is 44.6 Å². The van der Waals surface area contributed by atoms with Gasteiger partial charge in [-0.05, 0) is 38.9 Å². The largest absolute Gasteiger partial charge is 0.381 e. The van der Waals surface area contributed by atoms with Crippen LogP contribution in [0.1, 0.15) is 50.5 Å². The average molecular weight is 379 g/mol. The van der Waals surface area contributed by atoms with Gasteiger partial charge in [-0.15, -0.1) is 0 Å². The molecule has 152 valence electrons. The summed E-state index contributed by atoms with van der Waals surface area (Å²) < 4.78 is 11.1. The van der Waals surface area contributed by atoms with Crippen molar-refractivity contribution in [3.05, 3.63) is 17.5 Å². The van der Waals surface area contributed by atoms with Crippen molar-refractivity contribution in [2.75, 3.05) is 52.5 Å². The Kier molecular flexibility index (Phi) is 7.26. The predicted octanol–water partition coefficient (Wildman–Crippen LogP) is 1.55. The van der Waals surface area contributed by atoms with Crippen LogP contribution in [0.3, 0.4) is 0 Å². The van der Waals surface area contributed by atoms with Gasteiger partial charge < -0.3 is 24.8 Å². The highest BCUT2D eigenvalue weighted by Gasteiger charge is 2.41. The molecule has 2 aliphatic heterocycles. The standard InChI is InChI=1S/C20H34N4O3/c1-3-24(4-2)10-9-22-19(25)20(7-5-8-21-15-20)13-17-12-18(23-27-17)16-6-11-26-14-16/h12,16,21H,3-11,13-15H2,1-2H3,(H,22,25). The molecule has 2 fully saturated rings. The molecule has 0 spiro atoms. The number of carbonyl (C=O) groups excluding carboxylic acids is 1. The molecule has 2 atom stereocenters. The van der Waals surface area contributed by atoms with Crippen LogP contribution in [0.4, 0.5) is 0 Å². The van der Waals surface area contributed by atoms with Gasteiger partial charge in [-0.25, -0.2) is 0 Å². The molecule has 0 aliphatic carbocycles. The average Bonchev–Trinajstić information content (AvgIpc) is 3.37. The van der Waals surface area contributed by atoms with Crippen LogP contribution in [0.2, 0.25) is 0 Å². The molecule has 0 aromatic carbocycles. The van der Waals surface area contributed by atoms with Gasteiger partial charge in [0.1, 0.15) is 5.76 Å². The van der Waals surface area contributed by atoms with E-state index in [0.29, 0.717) is 32.0 Å². The molecule has 2 N–H and O–H groups in total. The topological polar surface area (TPSA) is 79.6 Å². The molecular weight excluding hydrogens is 344 g/mol. The Morgan fingerprint density at radius 3 is 2.96 bits per heavy atom.